The molecule has 2 aromatic rings. The second kappa shape index (κ2) is 6.48. The molecule has 2 rings (SSSR count). The molecule has 0 bridgehead atoms. The SMILES string of the molecule is COc1cccc(CNC(=O)c2ccc(NN)nn2)c1. The van der Waals surface area contributed by atoms with E-state index in [0.717, 1.165) is 11.3 Å². The van der Waals surface area contributed by atoms with Crippen LogP contribution in [0.25, 0.3) is 0 Å². The van der Waals surface area contributed by atoms with Crippen molar-refractivity contribution in [2.45, 2.75) is 6.54 Å². The van der Waals surface area contributed by atoms with Crippen molar-refractivity contribution >= 4 is 11.7 Å². The first-order chi connectivity index (χ1) is 9.72. The van der Waals surface area contributed by atoms with Crippen LogP contribution in [0.4, 0.5) is 5.82 Å². The Bertz CT molecular complexity index is 586. The van der Waals surface area contributed by atoms with E-state index in [1.54, 1.807) is 19.2 Å². The number of anilines is 1. The lowest BCUT2D eigenvalue weighted by atomic mass is 10.2. The number of rotatable bonds is 5. The second-order valence-electron chi connectivity index (χ2n) is 3.98. The average Bonchev–Trinajstić information content (AvgIpc) is 2.53. The first-order valence-electron chi connectivity index (χ1n) is 5.94. The lowest BCUT2D eigenvalue weighted by molar-refractivity contribution is 0.0945. The molecule has 0 aliphatic rings. The Labute approximate surface area is 116 Å². The van der Waals surface area contributed by atoms with Crippen LogP contribution in [0.1, 0.15) is 16.1 Å². The van der Waals surface area contributed by atoms with Crippen molar-refractivity contribution in [3.8, 4) is 5.75 Å². The summed E-state index contributed by atoms with van der Waals surface area (Å²) in [6, 6.07) is 10.6. The summed E-state index contributed by atoms with van der Waals surface area (Å²) in [6.07, 6.45) is 0. The number of hydrazine groups is 1. The molecule has 0 radical (unpaired) electrons. The van der Waals surface area contributed by atoms with Crippen molar-refractivity contribution in [2.75, 3.05) is 12.5 Å². The number of nitrogens with one attached hydrogen (secondary N) is 2. The number of carbonyl (C=O) groups excluding carboxylic acids is 1. The zero-order chi connectivity index (χ0) is 14.4. The van der Waals surface area contributed by atoms with Crippen molar-refractivity contribution in [3.63, 3.8) is 0 Å². The Morgan fingerprint density at radius 3 is 2.80 bits per heavy atom. The van der Waals surface area contributed by atoms with E-state index in [1.807, 2.05) is 24.3 Å². The van der Waals surface area contributed by atoms with Gasteiger partial charge in [-0.05, 0) is 29.8 Å². The molecule has 0 atom stereocenters. The number of nitrogens with two attached hydrogens (primary N) is 1. The predicted octanol–water partition coefficient (Wildman–Crippen LogP) is 0.701. The minimum absolute atomic E-state index is 0.229. The molecule has 0 fully saturated rings. The number of benzene rings is 1. The highest BCUT2D eigenvalue weighted by atomic mass is 16.5. The zero-order valence-electron chi connectivity index (χ0n) is 11.0. The maximum atomic E-state index is 11.9. The number of ether oxygens (including phenoxy) is 1. The Morgan fingerprint density at radius 1 is 1.30 bits per heavy atom. The number of nitrogens with zero attached hydrogens (tertiary/aromatic N) is 2. The lowest BCUT2D eigenvalue weighted by Gasteiger charge is -2.06. The fourth-order valence-electron chi connectivity index (χ4n) is 1.59. The largest absolute Gasteiger partial charge is 0.497 e. The van der Waals surface area contributed by atoms with Crippen molar-refractivity contribution in [1.82, 2.24) is 15.5 Å². The van der Waals surface area contributed by atoms with Gasteiger partial charge in [0.1, 0.15) is 5.75 Å². The number of nitrogen functional groups attached to an aromatic ring is 1. The quantitative estimate of drug-likeness (QED) is 0.547. The summed E-state index contributed by atoms with van der Waals surface area (Å²) >= 11 is 0. The molecule has 104 valence electrons. The van der Waals surface area contributed by atoms with Crippen LogP contribution in [-0.2, 0) is 6.54 Å². The standard InChI is InChI=1S/C13H15N5O2/c1-20-10-4-2-3-9(7-10)8-15-13(19)11-5-6-12(16-14)18-17-11/h2-7H,8,14H2,1H3,(H,15,19)(H,16,18). The van der Waals surface area contributed by atoms with Gasteiger partial charge >= 0.3 is 0 Å². The molecule has 4 N–H and O–H groups in total. The van der Waals surface area contributed by atoms with Crippen LogP contribution in [0.3, 0.4) is 0 Å². The molecular formula is C13H15N5O2. The fourth-order valence-corrected chi connectivity index (χ4v) is 1.59. The molecule has 1 aromatic carbocycles. The molecule has 1 heterocycles. The molecule has 1 amide bonds. The van der Waals surface area contributed by atoms with Crippen LogP contribution in [0.2, 0.25) is 0 Å². The second-order valence-corrected chi connectivity index (χ2v) is 3.98. The molecule has 7 heteroatoms. The van der Waals surface area contributed by atoms with Gasteiger partial charge in [0, 0.05) is 6.54 Å². The summed E-state index contributed by atoms with van der Waals surface area (Å²) in [5, 5.41) is 10.3. The Hall–Kier alpha value is -2.67. The van der Waals surface area contributed by atoms with E-state index in [9.17, 15) is 4.79 Å². The van der Waals surface area contributed by atoms with E-state index in [2.05, 4.69) is 20.9 Å². The topological polar surface area (TPSA) is 102 Å². The van der Waals surface area contributed by atoms with E-state index in [4.69, 9.17) is 10.6 Å². The summed E-state index contributed by atoms with van der Waals surface area (Å²) in [7, 11) is 1.60. The van der Waals surface area contributed by atoms with Crippen molar-refractivity contribution in [1.29, 1.82) is 0 Å². The predicted molar refractivity (Wildman–Crippen MR) is 74.0 cm³/mol. The fraction of sp³-hybridized carbons (Fsp3) is 0.154. The number of methoxy groups -OCH3 is 1. The highest BCUT2D eigenvalue weighted by Crippen LogP contribution is 2.12. The van der Waals surface area contributed by atoms with Crippen LogP contribution in [0, 0.1) is 0 Å². The van der Waals surface area contributed by atoms with Gasteiger partial charge in [-0.25, -0.2) is 5.84 Å². The molecule has 0 aliphatic carbocycles. The minimum Gasteiger partial charge on any atom is -0.497 e. The lowest BCUT2D eigenvalue weighted by Crippen LogP contribution is -2.24. The summed E-state index contributed by atoms with van der Waals surface area (Å²) in [4.78, 5) is 11.9. The molecule has 20 heavy (non-hydrogen) atoms. The van der Waals surface area contributed by atoms with E-state index in [0.29, 0.717) is 12.4 Å². The monoisotopic (exact) mass is 273 g/mol. The molecular weight excluding hydrogens is 258 g/mol. The van der Waals surface area contributed by atoms with Gasteiger partial charge in [-0.3, -0.25) is 4.79 Å². The van der Waals surface area contributed by atoms with Crippen LogP contribution in [0.5, 0.6) is 5.75 Å². The maximum absolute atomic E-state index is 11.9. The minimum atomic E-state index is -0.302. The highest BCUT2D eigenvalue weighted by Gasteiger charge is 2.07. The van der Waals surface area contributed by atoms with Gasteiger partial charge < -0.3 is 15.5 Å². The third-order valence-corrected chi connectivity index (χ3v) is 2.63. The first kappa shape index (κ1) is 13.8. The molecule has 0 saturated heterocycles. The van der Waals surface area contributed by atoms with Crippen LogP contribution in [-0.4, -0.2) is 23.2 Å². The zero-order valence-corrected chi connectivity index (χ0v) is 11.0. The number of aromatic nitrogens is 2. The Morgan fingerprint density at radius 2 is 2.15 bits per heavy atom. The van der Waals surface area contributed by atoms with E-state index in [1.165, 1.54) is 0 Å². The normalized spacial score (nSPS) is 9.90. The smallest absolute Gasteiger partial charge is 0.272 e. The highest BCUT2D eigenvalue weighted by molar-refractivity contribution is 5.92. The molecule has 0 unspecified atom stereocenters. The maximum Gasteiger partial charge on any atom is 0.272 e. The van der Waals surface area contributed by atoms with Gasteiger partial charge in [-0.15, -0.1) is 10.2 Å². The van der Waals surface area contributed by atoms with Gasteiger partial charge in [0.15, 0.2) is 11.5 Å². The van der Waals surface area contributed by atoms with Crippen LogP contribution < -0.4 is 21.3 Å². The van der Waals surface area contributed by atoms with E-state index < -0.39 is 0 Å². The van der Waals surface area contributed by atoms with Crippen molar-refractivity contribution < 1.29 is 9.53 Å². The third-order valence-electron chi connectivity index (χ3n) is 2.63. The third kappa shape index (κ3) is 3.42. The molecule has 7 nitrogen and oxygen atoms in total. The van der Waals surface area contributed by atoms with Crippen molar-refractivity contribution in [2.24, 2.45) is 5.84 Å². The van der Waals surface area contributed by atoms with Crippen LogP contribution in [0.15, 0.2) is 36.4 Å². The first-order valence-corrected chi connectivity index (χ1v) is 5.94. The van der Waals surface area contributed by atoms with Gasteiger partial charge in [0.2, 0.25) is 0 Å². The summed E-state index contributed by atoms with van der Waals surface area (Å²) in [5.74, 6) is 6.01. The molecule has 0 saturated carbocycles. The van der Waals surface area contributed by atoms with Gasteiger partial charge in [-0.1, -0.05) is 12.1 Å². The average molecular weight is 273 g/mol. The summed E-state index contributed by atoms with van der Waals surface area (Å²) < 4.78 is 5.12. The molecule has 0 spiro atoms. The van der Waals surface area contributed by atoms with E-state index in [-0.39, 0.29) is 11.6 Å². The summed E-state index contributed by atoms with van der Waals surface area (Å²) in [6.45, 7) is 0.384. The van der Waals surface area contributed by atoms with Crippen LogP contribution >= 0.6 is 0 Å². The Kier molecular flexibility index (Phi) is 4.46. The molecule has 0 aliphatic heterocycles. The summed E-state index contributed by atoms with van der Waals surface area (Å²) in [5.41, 5.74) is 3.51. The van der Waals surface area contributed by atoms with Crippen molar-refractivity contribution in [3.05, 3.63) is 47.7 Å². The van der Waals surface area contributed by atoms with E-state index >= 15 is 0 Å². The van der Waals surface area contributed by atoms with Gasteiger partial charge in [-0.2, -0.15) is 0 Å². The Balaban J connectivity index is 1.97. The number of amides is 1. The number of hydrogen-bond acceptors (Lipinski definition) is 6. The van der Waals surface area contributed by atoms with Gasteiger partial charge in [0.25, 0.3) is 5.91 Å². The van der Waals surface area contributed by atoms with Gasteiger partial charge in [0.05, 0.1) is 7.11 Å². The molecule has 1 aromatic heterocycles. The number of carbonyl (C=O) groups is 1. The number of hydrogen-bond donors (Lipinski definition) is 3.